The zero-order valence-corrected chi connectivity index (χ0v) is 16.9. The minimum Gasteiger partial charge on any atom is -0.448 e. The van der Waals surface area contributed by atoms with Gasteiger partial charge in [-0.05, 0) is 40.2 Å². The quantitative estimate of drug-likeness (QED) is 0.458. The van der Waals surface area contributed by atoms with Crippen molar-refractivity contribution in [1.29, 1.82) is 0 Å². The third-order valence-corrected chi connectivity index (χ3v) is 5.85. The fourth-order valence-corrected chi connectivity index (χ4v) is 4.46. The molecule has 0 aliphatic carbocycles. The van der Waals surface area contributed by atoms with Gasteiger partial charge in [-0.1, -0.05) is 13.0 Å². The highest BCUT2D eigenvalue weighted by atomic mass is 31.2. The highest BCUT2D eigenvalue weighted by Gasteiger charge is 2.49. The van der Waals surface area contributed by atoms with Gasteiger partial charge in [0, 0.05) is 0 Å². The van der Waals surface area contributed by atoms with E-state index in [1.54, 1.807) is 39.8 Å². The van der Waals surface area contributed by atoms with Crippen molar-refractivity contribution >= 4 is 19.8 Å². The summed E-state index contributed by atoms with van der Waals surface area (Å²) < 4.78 is 34.2. The largest absolute Gasteiger partial charge is 0.448 e. The molecular formula is C16H29N2O7P. The van der Waals surface area contributed by atoms with Gasteiger partial charge in [0.15, 0.2) is 5.78 Å². The maximum absolute atomic E-state index is 13.3. The summed E-state index contributed by atoms with van der Waals surface area (Å²) in [7, 11) is -3.77. The Kier molecular flexibility index (Phi) is 9.12. The minimum atomic E-state index is -3.77. The fourth-order valence-electron chi connectivity index (χ4n) is 2.57. The summed E-state index contributed by atoms with van der Waals surface area (Å²) in [5.74, 6) is -1.13. The number of rotatable bonds is 8. The molecule has 0 N–H and O–H groups in total. The average molecular weight is 392 g/mol. The SMILES string of the molecule is CCOC(=O)N1C(CC)C=CC(P(=O)(OCC)OCC)N1C(=O)OCC. The van der Waals surface area contributed by atoms with Crippen LogP contribution in [0.15, 0.2) is 12.2 Å². The second-order valence-corrected chi connectivity index (χ2v) is 7.36. The van der Waals surface area contributed by atoms with Crippen molar-refractivity contribution < 1.29 is 32.7 Å². The van der Waals surface area contributed by atoms with Crippen LogP contribution in [0.3, 0.4) is 0 Å². The highest BCUT2D eigenvalue weighted by molar-refractivity contribution is 7.54. The zero-order valence-electron chi connectivity index (χ0n) is 16.0. The van der Waals surface area contributed by atoms with Crippen molar-refractivity contribution in [2.45, 2.75) is 52.9 Å². The summed E-state index contributed by atoms with van der Waals surface area (Å²) in [4.78, 5) is 25.2. The summed E-state index contributed by atoms with van der Waals surface area (Å²) in [6.07, 6.45) is 2.22. The Labute approximate surface area is 154 Å². The van der Waals surface area contributed by atoms with Crippen molar-refractivity contribution in [2.75, 3.05) is 26.4 Å². The number of hydrazine groups is 1. The average Bonchev–Trinajstić information content (AvgIpc) is 2.61. The Morgan fingerprint density at radius 2 is 1.35 bits per heavy atom. The first-order valence-electron chi connectivity index (χ1n) is 8.88. The van der Waals surface area contributed by atoms with Crippen LogP contribution in [0.2, 0.25) is 0 Å². The van der Waals surface area contributed by atoms with Gasteiger partial charge in [0.2, 0.25) is 0 Å². The Hall–Kier alpha value is -1.57. The van der Waals surface area contributed by atoms with Crippen LogP contribution < -0.4 is 0 Å². The molecule has 0 fully saturated rings. The molecule has 2 unspecified atom stereocenters. The first kappa shape index (κ1) is 22.5. The van der Waals surface area contributed by atoms with E-state index in [-0.39, 0.29) is 26.4 Å². The van der Waals surface area contributed by atoms with E-state index in [2.05, 4.69) is 0 Å². The molecule has 0 saturated carbocycles. The Balaban J connectivity index is 3.43. The molecule has 1 heterocycles. The molecule has 1 aliphatic rings. The lowest BCUT2D eigenvalue weighted by atomic mass is 10.1. The van der Waals surface area contributed by atoms with Crippen LogP contribution in [0, 0.1) is 0 Å². The van der Waals surface area contributed by atoms with E-state index in [0.717, 1.165) is 10.0 Å². The van der Waals surface area contributed by atoms with E-state index < -0.39 is 31.6 Å². The van der Waals surface area contributed by atoms with Crippen LogP contribution in [-0.4, -0.2) is 60.5 Å². The smallest absolute Gasteiger partial charge is 0.430 e. The van der Waals surface area contributed by atoms with Gasteiger partial charge in [-0.15, -0.1) is 0 Å². The summed E-state index contributed by atoms with van der Waals surface area (Å²) in [6, 6.07) is -0.452. The Morgan fingerprint density at radius 1 is 0.846 bits per heavy atom. The van der Waals surface area contributed by atoms with Gasteiger partial charge in [0.25, 0.3) is 0 Å². The van der Waals surface area contributed by atoms with Crippen molar-refractivity contribution in [2.24, 2.45) is 0 Å². The van der Waals surface area contributed by atoms with Crippen LogP contribution in [0.25, 0.3) is 0 Å². The predicted molar refractivity (Wildman–Crippen MR) is 95.6 cm³/mol. The van der Waals surface area contributed by atoms with Crippen molar-refractivity contribution in [3.63, 3.8) is 0 Å². The van der Waals surface area contributed by atoms with Gasteiger partial charge in [0.05, 0.1) is 32.5 Å². The molecule has 2 atom stereocenters. The number of ether oxygens (including phenoxy) is 2. The summed E-state index contributed by atoms with van der Waals surface area (Å²) in [6.45, 7) is 8.97. The highest BCUT2D eigenvalue weighted by Crippen LogP contribution is 2.56. The Bertz CT molecular complexity index is 545. The zero-order chi connectivity index (χ0) is 19.7. The van der Waals surface area contributed by atoms with E-state index in [9.17, 15) is 14.2 Å². The number of nitrogens with zero attached hydrogens (tertiary/aromatic N) is 2. The third kappa shape index (κ3) is 4.99. The minimum absolute atomic E-state index is 0.0901. The van der Waals surface area contributed by atoms with Crippen LogP contribution in [0.1, 0.15) is 41.0 Å². The first-order chi connectivity index (χ1) is 12.4. The number of hydrogen-bond donors (Lipinski definition) is 0. The van der Waals surface area contributed by atoms with Crippen LogP contribution >= 0.6 is 7.60 Å². The molecule has 0 spiro atoms. The van der Waals surface area contributed by atoms with E-state index in [4.69, 9.17) is 18.5 Å². The number of amides is 2. The van der Waals surface area contributed by atoms with Crippen LogP contribution in [0.5, 0.6) is 0 Å². The summed E-state index contributed by atoms with van der Waals surface area (Å²) in [5, 5.41) is 2.11. The molecule has 10 heteroatoms. The number of hydrogen-bond acceptors (Lipinski definition) is 7. The lowest BCUT2D eigenvalue weighted by Crippen LogP contribution is -2.60. The van der Waals surface area contributed by atoms with Gasteiger partial charge >= 0.3 is 19.8 Å². The molecule has 0 bridgehead atoms. The van der Waals surface area contributed by atoms with E-state index in [0.29, 0.717) is 6.42 Å². The lowest BCUT2D eigenvalue weighted by molar-refractivity contribution is -0.0461. The second-order valence-electron chi connectivity index (χ2n) is 5.24. The molecule has 0 aromatic heterocycles. The van der Waals surface area contributed by atoms with Gasteiger partial charge in [-0.2, -0.15) is 5.01 Å². The molecule has 0 radical (unpaired) electrons. The second kappa shape index (κ2) is 10.5. The predicted octanol–water partition coefficient (Wildman–Crippen LogP) is 3.76. The van der Waals surface area contributed by atoms with Crippen molar-refractivity contribution in [1.82, 2.24) is 10.0 Å². The van der Waals surface area contributed by atoms with Gasteiger partial charge in [-0.3, -0.25) is 4.57 Å². The molecular weight excluding hydrogens is 363 g/mol. The molecule has 0 aromatic rings. The molecule has 1 rings (SSSR count). The van der Waals surface area contributed by atoms with E-state index >= 15 is 0 Å². The molecule has 26 heavy (non-hydrogen) atoms. The van der Waals surface area contributed by atoms with Gasteiger partial charge in [0.1, 0.15) is 0 Å². The Morgan fingerprint density at radius 3 is 1.77 bits per heavy atom. The molecule has 0 saturated heterocycles. The topological polar surface area (TPSA) is 94.6 Å². The van der Waals surface area contributed by atoms with E-state index in [1.807, 2.05) is 6.92 Å². The number of carbonyl (C=O) groups excluding carboxylic acids is 2. The summed E-state index contributed by atoms with van der Waals surface area (Å²) in [5.41, 5.74) is 0. The lowest BCUT2D eigenvalue weighted by Gasteiger charge is -2.44. The maximum Gasteiger partial charge on any atom is 0.430 e. The van der Waals surface area contributed by atoms with E-state index in [1.165, 1.54) is 0 Å². The molecule has 150 valence electrons. The molecule has 2 amide bonds. The first-order valence-corrected chi connectivity index (χ1v) is 10.5. The van der Waals surface area contributed by atoms with Crippen LogP contribution in [0.4, 0.5) is 9.59 Å². The number of carbonyl (C=O) groups is 2. The molecule has 9 nitrogen and oxygen atoms in total. The van der Waals surface area contributed by atoms with Crippen molar-refractivity contribution in [3.8, 4) is 0 Å². The molecule has 0 aromatic carbocycles. The standard InChI is InChI=1S/C16H29N2O7P/c1-6-13-11-12-14(26(21,24-9-4)25-10-5)18(16(20)23-8-3)17(13)15(19)22-7-2/h11-14H,6-10H2,1-5H3. The monoisotopic (exact) mass is 392 g/mol. The summed E-state index contributed by atoms with van der Waals surface area (Å²) >= 11 is 0. The maximum atomic E-state index is 13.3. The third-order valence-electron chi connectivity index (χ3n) is 3.57. The van der Waals surface area contributed by atoms with Gasteiger partial charge < -0.3 is 18.5 Å². The van der Waals surface area contributed by atoms with Crippen LogP contribution in [-0.2, 0) is 23.1 Å². The fraction of sp³-hybridized carbons (Fsp3) is 0.750. The van der Waals surface area contributed by atoms with Gasteiger partial charge in [-0.25, -0.2) is 14.6 Å². The van der Waals surface area contributed by atoms with Crippen molar-refractivity contribution in [3.05, 3.63) is 12.2 Å². The molecule has 1 aliphatic heterocycles. The normalized spacial score (nSPS) is 20.2.